The first-order valence-electron chi connectivity index (χ1n) is 8.79. The molecule has 2 heterocycles. The maximum Gasteiger partial charge on any atom is 0.251 e. The van der Waals surface area contributed by atoms with Gasteiger partial charge in [0.05, 0.1) is 18.5 Å². The minimum atomic E-state index is -0.184. The molecule has 2 N–H and O–H groups in total. The predicted octanol–water partition coefficient (Wildman–Crippen LogP) is 2.55. The molecule has 0 bridgehead atoms. The molecule has 0 aliphatic carbocycles. The van der Waals surface area contributed by atoms with Gasteiger partial charge >= 0.3 is 0 Å². The van der Waals surface area contributed by atoms with Gasteiger partial charge in [-0.3, -0.25) is 9.59 Å². The zero-order valence-electron chi connectivity index (χ0n) is 14.6. The van der Waals surface area contributed by atoms with E-state index in [0.717, 1.165) is 36.4 Å². The largest absolute Gasteiger partial charge is 0.496 e. The number of nitrogens with one attached hydrogen (secondary N) is 2. The van der Waals surface area contributed by atoms with Crippen LogP contribution in [-0.4, -0.2) is 31.5 Å². The normalized spacial score (nSPS) is 18.0. The molecule has 2 aliphatic rings. The van der Waals surface area contributed by atoms with Crippen LogP contribution in [0.2, 0.25) is 0 Å². The highest BCUT2D eigenvalue weighted by molar-refractivity contribution is 6.06. The monoisotopic (exact) mass is 351 g/mol. The van der Waals surface area contributed by atoms with E-state index in [1.807, 2.05) is 36.4 Å². The van der Waals surface area contributed by atoms with Crippen molar-refractivity contribution in [2.45, 2.75) is 25.4 Å². The van der Waals surface area contributed by atoms with Crippen molar-refractivity contribution < 1.29 is 14.3 Å². The van der Waals surface area contributed by atoms with Gasteiger partial charge in [0.15, 0.2) is 0 Å². The van der Waals surface area contributed by atoms with Crippen molar-refractivity contribution in [2.24, 2.45) is 0 Å². The first-order chi connectivity index (χ1) is 12.7. The molecule has 2 aliphatic heterocycles. The van der Waals surface area contributed by atoms with Crippen LogP contribution < -0.4 is 20.3 Å². The minimum absolute atomic E-state index is 0.0154. The molecule has 2 aromatic carbocycles. The number of methoxy groups -OCH3 is 1. The Kier molecular flexibility index (Phi) is 4.24. The lowest BCUT2D eigenvalue weighted by molar-refractivity contribution is -0.117. The summed E-state index contributed by atoms with van der Waals surface area (Å²) < 4.78 is 5.31. The summed E-state index contributed by atoms with van der Waals surface area (Å²) in [6.45, 7) is 1.25. The molecule has 0 saturated carbocycles. The highest BCUT2D eigenvalue weighted by Crippen LogP contribution is 2.37. The van der Waals surface area contributed by atoms with Crippen LogP contribution in [0.15, 0.2) is 42.5 Å². The van der Waals surface area contributed by atoms with Crippen LogP contribution in [0.1, 0.15) is 28.8 Å². The molecule has 2 aromatic rings. The molecule has 6 heteroatoms. The Hall–Kier alpha value is -3.02. The van der Waals surface area contributed by atoms with Crippen LogP contribution >= 0.6 is 0 Å². The summed E-state index contributed by atoms with van der Waals surface area (Å²) in [5, 5.41) is 5.85. The molecule has 134 valence electrons. The third kappa shape index (κ3) is 2.87. The Morgan fingerprint density at radius 3 is 3.00 bits per heavy atom. The molecule has 26 heavy (non-hydrogen) atoms. The van der Waals surface area contributed by atoms with Crippen molar-refractivity contribution in [2.75, 3.05) is 23.9 Å². The van der Waals surface area contributed by atoms with Gasteiger partial charge in [0, 0.05) is 24.2 Å². The van der Waals surface area contributed by atoms with E-state index in [1.54, 1.807) is 13.2 Å². The van der Waals surface area contributed by atoms with Crippen LogP contribution in [0.4, 0.5) is 11.4 Å². The van der Waals surface area contributed by atoms with Gasteiger partial charge in [0.2, 0.25) is 5.91 Å². The van der Waals surface area contributed by atoms with E-state index < -0.39 is 0 Å². The van der Waals surface area contributed by atoms with Crippen molar-refractivity contribution >= 4 is 23.2 Å². The molecule has 6 nitrogen and oxygen atoms in total. The van der Waals surface area contributed by atoms with Crippen molar-refractivity contribution in [3.63, 3.8) is 0 Å². The first kappa shape index (κ1) is 16.4. The Morgan fingerprint density at radius 1 is 1.31 bits per heavy atom. The van der Waals surface area contributed by atoms with E-state index >= 15 is 0 Å². The topological polar surface area (TPSA) is 70.7 Å². The number of nitrogens with zero attached hydrogens (tertiary/aromatic N) is 1. The molecule has 2 amide bonds. The fourth-order valence-corrected chi connectivity index (χ4v) is 3.70. The van der Waals surface area contributed by atoms with E-state index in [0.29, 0.717) is 17.8 Å². The number of para-hydroxylation sites is 1. The molecule has 1 unspecified atom stereocenters. The van der Waals surface area contributed by atoms with Crippen LogP contribution in [0.3, 0.4) is 0 Å². The number of hydrogen-bond donors (Lipinski definition) is 2. The van der Waals surface area contributed by atoms with Crippen molar-refractivity contribution in [1.29, 1.82) is 0 Å². The van der Waals surface area contributed by atoms with E-state index in [1.165, 1.54) is 0 Å². The van der Waals surface area contributed by atoms with Crippen molar-refractivity contribution in [1.82, 2.24) is 5.32 Å². The van der Waals surface area contributed by atoms with Crippen LogP contribution in [0.5, 0.6) is 5.75 Å². The molecular formula is C20H21N3O3. The maximum absolute atomic E-state index is 12.5. The fourth-order valence-electron chi connectivity index (χ4n) is 3.70. The third-order valence-corrected chi connectivity index (χ3v) is 5.01. The van der Waals surface area contributed by atoms with Crippen molar-refractivity contribution in [3.05, 3.63) is 53.6 Å². The first-order valence-corrected chi connectivity index (χ1v) is 8.79. The summed E-state index contributed by atoms with van der Waals surface area (Å²) in [7, 11) is 1.61. The number of hydrogen-bond acceptors (Lipinski definition) is 4. The highest BCUT2D eigenvalue weighted by atomic mass is 16.5. The Labute approximate surface area is 152 Å². The summed E-state index contributed by atoms with van der Waals surface area (Å²) in [6, 6.07) is 13.0. The van der Waals surface area contributed by atoms with E-state index in [4.69, 9.17) is 4.74 Å². The number of rotatable bonds is 4. The Balaban J connectivity index is 1.51. The molecule has 0 spiro atoms. The standard InChI is InChI=1S/C20H21N3O3/c1-26-18-7-3-2-5-14(18)12-21-19(24)13-8-9-16-15(11-13)22-20(25)17-6-4-10-23(16)17/h2-3,5,7-9,11,17H,4,6,10,12H2,1H3,(H,21,24)(H,22,25). The number of amides is 2. The molecule has 1 atom stereocenters. The molecular weight excluding hydrogens is 330 g/mol. The number of anilines is 2. The Bertz CT molecular complexity index is 865. The van der Waals surface area contributed by atoms with E-state index in [2.05, 4.69) is 15.5 Å². The second-order valence-corrected chi connectivity index (χ2v) is 6.57. The zero-order chi connectivity index (χ0) is 18.1. The second-order valence-electron chi connectivity index (χ2n) is 6.57. The van der Waals surface area contributed by atoms with Gasteiger partial charge in [-0.05, 0) is 37.1 Å². The smallest absolute Gasteiger partial charge is 0.251 e. The fraction of sp³-hybridized carbons (Fsp3) is 0.300. The average molecular weight is 351 g/mol. The van der Waals surface area contributed by atoms with Gasteiger partial charge in [-0.1, -0.05) is 18.2 Å². The van der Waals surface area contributed by atoms with Gasteiger partial charge in [-0.25, -0.2) is 0 Å². The molecule has 4 rings (SSSR count). The van der Waals surface area contributed by atoms with E-state index in [-0.39, 0.29) is 17.9 Å². The summed E-state index contributed by atoms with van der Waals surface area (Å²) in [4.78, 5) is 26.9. The number of carbonyl (C=O) groups is 2. The lowest BCUT2D eigenvalue weighted by Crippen LogP contribution is -2.44. The lowest BCUT2D eigenvalue weighted by atomic mass is 10.1. The number of benzene rings is 2. The molecule has 0 radical (unpaired) electrons. The predicted molar refractivity (Wildman–Crippen MR) is 99.6 cm³/mol. The minimum Gasteiger partial charge on any atom is -0.496 e. The summed E-state index contributed by atoms with van der Waals surface area (Å²) in [5.74, 6) is 0.573. The van der Waals surface area contributed by atoms with Gasteiger partial charge in [-0.2, -0.15) is 0 Å². The van der Waals surface area contributed by atoms with Gasteiger partial charge in [0.25, 0.3) is 5.91 Å². The van der Waals surface area contributed by atoms with E-state index in [9.17, 15) is 9.59 Å². The highest BCUT2D eigenvalue weighted by Gasteiger charge is 2.36. The third-order valence-electron chi connectivity index (χ3n) is 5.01. The summed E-state index contributed by atoms with van der Waals surface area (Å²) in [5.41, 5.74) is 3.14. The van der Waals surface area contributed by atoms with Crippen LogP contribution in [0, 0.1) is 0 Å². The van der Waals surface area contributed by atoms with Gasteiger partial charge in [0.1, 0.15) is 11.8 Å². The molecule has 1 fully saturated rings. The van der Waals surface area contributed by atoms with Crippen LogP contribution in [-0.2, 0) is 11.3 Å². The zero-order valence-corrected chi connectivity index (χ0v) is 14.6. The van der Waals surface area contributed by atoms with Crippen LogP contribution in [0.25, 0.3) is 0 Å². The van der Waals surface area contributed by atoms with Gasteiger partial charge in [-0.15, -0.1) is 0 Å². The number of fused-ring (bicyclic) bond motifs is 3. The lowest BCUT2D eigenvalue weighted by Gasteiger charge is -2.33. The van der Waals surface area contributed by atoms with Crippen molar-refractivity contribution in [3.8, 4) is 5.75 Å². The molecule has 1 saturated heterocycles. The average Bonchev–Trinajstić information content (AvgIpc) is 3.16. The summed E-state index contributed by atoms with van der Waals surface area (Å²) >= 11 is 0. The molecule has 0 aromatic heterocycles. The summed E-state index contributed by atoms with van der Waals surface area (Å²) in [6.07, 6.45) is 1.89. The second kappa shape index (κ2) is 6.71. The maximum atomic E-state index is 12.5. The SMILES string of the molecule is COc1ccccc1CNC(=O)c1ccc2c(c1)NC(=O)C1CCCN21. The number of ether oxygens (including phenoxy) is 1. The quantitative estimate of drug-likeness (QED) is 0.888. The number of carbonyl (C=O) groups excluding carboxylic acids is 2. The Morgan fingerprint density at radius 2 is 2.15 bits per heavy atom. The van der Waals surface area contributed by atoms with Gasteiger partial charge < -0.3 is 20.3 Å².